The van der Waals surface area contributed by atoms with Crippen molar-refractivity contribution in [3.63, 3.8) is 0 Å². The smallest absolute Gasteiger partial charge is 0.147 e. The van der Waals surface area contributed by atoms with E-state index in [1.807, 2.05) is 53.6 Å². The summed E-state index contributed by atoms with van der Waals surface area (Å²) in [4.78, 5) is 17.6. The van der Waals surface area contributed by atoms with E-state index in [4.69, 9.17) is 11.6 Å². The molecular weight excluding hydrogens is 272 g/mol. The fourth-order valence-electron chi connectivity index (χ4n) is 2.43. The highest BCUT2D eigenvalue weighted by molar-refractivity contribution is 6.30. The first-order valence-corrected chi connectivity index (χ1v) is 6.75. The molecule has 0 bridgehead atoms. The van der Waals surface area contributed by atoms with E-state index in [1.54, 1.807) is 6.20 Å². The minimum atomic E-state index is -0.392. The van der Waals surface area contributed by atoms with Gasteiger partial charge in [0.25, 0.3) is 0 Å². The average Bonchev–Trinajstić information content (AvgIpc) is 2.49. The quantitative estimate of drug-likeness (QED) is 0.639. The van der Waals surface area contributed by atoms with Crippen LogP contribution in [0.15, 0.2) is 48.8 Å². The fraction of sp³-hybridized carbons (Fsp3) is 0.125. The molecule has 0 saturated heterocycles. The van der Waals surface area contributed by atoms with Gasteiger partial charge >= 0.3 is 0 Å². The highest BCUT2D eigenvalue weighted by Crippen LogP contribution is 2.33. The molecule has 0 radical (unpaired) electrons. The molecule has 1 unspecified atom stereocenters. The highest BCUT2D eigenvalue weighted by atomic mass is 35.5. The lowest BCUT2D eigenvalue weighted by Gasteiger charge is -2.31. The molecule has 0 saturated carbocycles. The summed E-state index contributed by atoms with van der Waals surface area (Å²) in [7, 11) is 0. The predicted octanol–water partition coefficient (Wildman–Crippen LogP) is 3.46. The number of carbonyl (C=O) groups is 1. The van der Waals surface area contributed by atoms with E-state index in [1.165, 1.54) is 0 Å². The Morgan fingerprint density at radius 3 is 2.80 bits per heavy atom. The highest BCUT2D eigenvalue weighted by Gasteiger charge is 2.26. The topological polar surface area (TPSA) is 33.2 Å². The van der Waals surface area contributed by atoms with Crippen molar-refractivity contribution in [1.82, 2.24) is 9.88 Å². The maximum absolute atomic E-state index is 11.5. The number of benzene rings is 1. The van der Waals surface area contributed by atoms with Crippen LogP contribution in [0, 0.1) is 0 Å². The zero-order valence-electron chi connectivity index (χ0n) is 10.7. The van der Waals surface area contributed by atoms with Crippen molar-refractivity contribution in [3.05, 3.63) is 70.6 Å². The van der Waals surface area contributed by atoms with Crippen LogP contribution in [0.25, 0.3) is 6.08 Å². The van der Waals surface area contributed by atoms with Gasteiger partial charge in [0.2, 0.25) is 0 Å². The SMILES string of the molecule is O=CC1c2c(ccnc2Cl)C=CN1Cc1ccccc1. The molecule has 0 amide bonds. The summed E-state index contributed by atoms with van der Waals surface area (Å²) in [6, 6.07) is 11.5. The van der Waals surface area contributed by atoms with Crippen LogP contribution in [0.4, 0.5) is 0 Å². The average molecular weight is 285 g/mol. The van der Waals surface area contributed by atoms with E-state index < -0.39 is 6.04 Å². The van der Waals surface area contributed by atoms with Crippen LogP contribution in [0.1, 0.15) is 22.7 Å². The van der Waals surface area contributed by atoms with Gasteiger partial charge in [0, 0.05) is 24.5 Å². The van der Waals surface area contributed by atoms with Crippen LogP contribution in [-0.4, -0.2) is 16.2 Å². The van der Waals surface area contributed by atoms with Gasteiger partial charge in [-0.15, -0.1) is 0 Å². The zero-order valence-corrected chi connectivity index (χ0v) is 11.5. The maximum atomic E-state index is 11.5. The Balaban J connectivity index is 1.95. The molecule has 0 spiro atoms. The van der Waals surface area contributed by atoms with Crippen molar-refractivity contribution in [3.8, 4) is 0 Å². The van der Waals surface area contributed by atoms with Crippen molar-refractivity contribution in [2.45, 2.75) is 12.6 Å². The van der Waals surface area contributed by atoms with Crippen molar-refractivity contribution in [2.75, 3.05) is 0 Å². The molecule has 1 aromatic heterocycles. The molecule has 0 aliphatic carbocycles. The van der Waals surface area contributed by atoms with Crippen LogP contribution in [0.3, 0.4) is 0 Å². The number of hydrogen-bond acceptors (Lipinski definition) is 3. The van der Waals surface area contributed by atoms with Crippen LogP contribution in [0.5, 0.6) is 0 Å². The van der Waals surface area contributed by atoms with E-state index in [9.17, 15) is 4.79 Å². The van der Waals surface area contributed by atoms with Gasteiger partial charge in [-0.1, -0.05) is 41.9 Å². The molecule has 0 N–H and O–H groups in total. The fourth-order valence-corrected chi connectivity index (χ4v) is 2.70. The summed E-state index contributed by atoms with van der Waals surface area (Å²) in [6.45, 7) is 0.658. The number of pyridine rings is 1. The molecule has 2 aromatic rings. The second-order valence-corrected chi connectivity index (χ2v) is 5.02. The van der Waals surface area contributed by atoms with E-state index in [-0.39, 0.29) is 0 Å². The Morgan fingerprint density at radius 1 is 1.25 bits per heavy atom. The summed E-state index contributed by atoms with van der Waals surface area (Å²) < 4.78 is 0. The van der Waals surface area contributed by atoms with E-state index in [0.717, 1.165) is 23.0 Å². The number of aldehydes is 1. The van der Waals surface area contributed by atoms with Gasteiger partial charge in [-0.3, -0.25) is 0 Å². The van der Waals surface area contributed by atoms with Gasteiger partial charge in [0.1, 0.15) is 17.5 Å². The monoisotopic (exact) mass is 284 g/mol. The van der Waals surface area contributed by atoms with E-state index in [0.29, 0.717) is 11.7 Å². The first-order valence-electron chi connectivity index (χ1n) is 6.37. The van der Waals surface area contributed by atoms with Gasteiger partial charge < -0.3 is 9.69 Å². The molecule has 4 heteroatoms. The molecule has 20 heavy (non-hydrogen) atoms. The standard InChI is InChI=1S/C16H13ClN2O/c17-16-15-13(6-8-18-16)7-9-19(14(15)11-20)10-12-4-2-1-3-5-12/h1-9,11,14H,10H2. The Hall–Kier alpha value is -2.13. The summed E-state index contributed by atoms with van der Waals surface area (Å²) in [5, 5.41) is 0.391. The second kappa shape index (κ2) is 5.47. The number of aromatic nitrogens is 1. The third-order valence-electron chi connectivity index (χ3n) is 3.41. The van der Waals surface area contributed by atoms with Gasteiger partial charge in [-0.05, 0) is 23.3 Å². The number of hydrogen-bond donors (Lipinski definition) is 0. The summed E-state index contributed by atoms with van der Waals surface area (Å²) in [5.41, 5.74) is 2.88. The van der Waals surface area contributed by atoms with Crippen LogP contribution >= 0.6 is 11.6 Å². The molecule has 1 atom stereocenters. The molecule has 3 nitrogen and oxygen atoms in total. The van der Waals surface area contributed by atoms with Gasteiger partial charge in [0.15, 0.2) is 0 Å². The van der Waals surface area contributed by atoms with Crippen LogP contribution in [0.2, 0.25) is 5.15 Å². The molecule has 0 fully saturated rings. The molecule has 100 valence electrons. The molecule has 1 aliphatic rings. The number of rotatable bonds is 3. The Labute approximate surface area is 122 Å². The lowest BCUT2D eigenvalue weighted by Crippen LogP contribution is -2.27. The normalized spacial score (nSPS) is 16.9. The molecule has 1 aliphatic heterocycles. The Kier molecular flexibility index (Phi) is 3.52. The van der Waals surface area contributed by atoms with E-state index >= 15 is 0 Å². The number of halogens is 1. The maximum Gasteiger partial charge on any atom is 0.147 e. The largest absolute Gasteiger partial charge is 0.359 e. The predicted molar refractivity (Wildman–Crippen MR) is 79.1 cm³/mol. The first-order chi connectivity index (χ1) is 9.79. The van der Waals surface area contributed by atoms with E-state index in [2.05, 4.69) is 4.98 Å². The molecular formula is C16H13ClN2O. The molecule has 3 rings (SSSR count). The third kappa shape index (κ3) is 2.32. The summed E-state index contributed by atoms with van der Waals surface area (Å²) in [6.07, 6.45) is 6.47. The van der Waals surface area contributed by atoms with Gasteiger partial charge in [0.05, 0.1) is 0 Å². The van der Waals surface area contributed by atoms with Crippen molar-refractivity contribution in [2.24, 2.45) is 0 Å². The Bertz CT molecular complexity index is 655. The van der Waals surface area contributed by atoms with Gasteiger partial charge in [-0.2, -0.15) is 0 Å². The first kappa shape index (κ1) is 12.9. The molecule has 1 aromatic carbocycles. The van der Waals surface area contributed by atoms with Crippen LogP contribution < -0.4 is 0 Å². The lowest BCUT2D eigenvalue weighted by atomic mass is 9.98. The Morgan fingerprint density at radius 2 is 2.05 bits per heavy atom. The van der Waals surface area contributed by atoms with Crippen molar-refractivity contribution in [1.29, 1.82) is 0 Å². The lowest BCUT2D eigenvalue weighted by molar-refractivity contribution is -0.112. The minimum absolute atomic E-state index is 0.391. The van der Waals surface area contributed by atoms with Crippen LogP contribution in [-0.2, 0) is 11.3 Å². The summed E-state index contributed by atoms with van der Waals surface area (Å²) in [5.74, 6) is 0. The third-order valence-corrected chi connectivity index (χ3v) is 3.71. The second-order valence-electron chi connectivity index (χ2n) is 4.66. The summed E-state index contributed by atoms with van der Waals surface area (Å²) >= 11 is 6.15. The van der Waals surface area contributed by atoms with Crippen molar-refractivity contribution < 1.29 is 4.79 Å². The number of fused-ring (bicyclic) bond motifs is 1. The van der Waals surface area contributed by atoms with Gasteiger partial charge in [-0.25, -0.2) is 4.98 Å². The minimum Gasteiger partial charge on any atom is -0.359 e. The number of carbonyl (C=O) groups excluding carboxylic acids is 1. The zero-order chi connectivity index (χ0) is 13.9. The number of nitrogens with zero attached hydrogens (tertiary/aromatic N) is 2. The van der Waals surface area contributed by atoms with Crippen molar-refractivity contribution >= 4 is 24.0 Å². The molecule has 2 heterocycles.